The first-order valence-corrected chi connectivity index (χ1v) is 5.77. The van der Waals surface area contributed by atoms with Crippen molar-refractivity contribution < 1.29 is 0 Å². The molecule has 0 heterocycles. The number of hydrogen-bond donors (Lipinski definition) is 1. The molecule has 0 atom stereocenters. The summed E-state index contributed by atoms with van der Waals surface area (Å²) in [6.45, 7) is 0. The third-order valence-electron chi connectivity index (χ3n) is 0. The van der Waals surface area contributed by atoms with Crippen LogP contribution in [0.5, 0.6) is 0 Å². The van der Waals surface area contributed by atoms with Crippen molar-refractivity contribution >= 4 is 26.6 Å². The lowest BCUT2D eigenvalue weighted by Gasteiger charge is -1.67. The summed E-state index contributed by atoms with van der Waals surface area (Å²) in [6, 6.07) is 0. The first-order valence-electron chi connectivity index (χ1n) is 2.31. The van der Waals surface area contributed by atoms with Crippen LogP contribution in [-0.2, 0) is 0 Å². The Kier molecular flexibility index (Phi) is 35.4. The number of hydrogen-bond acceptors (Lipinski definition) is 1. The Labute approximate surface area is 57.1 Å². The van der Waals surface area contributed by atoms with Crippen LogP contribution < -0.4 is 5.73 Å². The normalized spacial score (nSPS) is 4.71. The van der Waals surface area contributed by atoms with Gasteiger partial charge in [0.05, 0.1) is 0 Å². The van der Waals surface area contributed by atoms with Crippen LogP contribution in [0.3, 0.4) is 0 Å². The minimum Gasteiger partial charge on any atom is -0.333 e. The van der Waals surface area contributed by atoms with Gasteiger partial charge in [-0.3, -0.25) is 0 Å². The van der Waals surface area contributed by atoms with E-state index >= 15 is 0 Å². The Balaban J connectivity index is -0.0000000480. The van der Waals surface area contributed by atoms with E-state index in [1.54, 1.807) is 0 Å². The van der Waals surface area contributed by atoms with Gasteiger partial charge in [-0.1, -0.05) is 0 Å². The molecule has 0 aliphatic heterocycles. The predicted octanol–water partition coefficient (Wildman–Crippen LogP) is 1.37. The lowest BCUT2D eigenvalue weighted by Crippen LogP contribution is -1.84. The van der Waals surface area contributed by atoms with Gasteiger partial charge >= 0.3 is 0 Å². The number of nitrogens with two attached hydrogens (primary N) is 1. The van der Waals surface area contributed by atoms with Gasteiger partial charge in [0, 0.05) is 0 Å². The molecule has 0 saturated heterocycles. The lowest BCUT2D eigenvalue weighted by atomic mass is 11.6. The van der Waals surface area contributed by atoms with Crippen molar-refractivity contribution in [2.75, 3.05) is 7.05 Å². The summed E-state index contributed by atoms with van der Waals surface area (Å²) < 4.78 is 0. The van der Waals surface area contributed by atoms with E-state index in [-0.39, 0.29) is 26.6 Å². The van der Waals surface area contributed by atoms with Gasteiger partial charge in [-0.2, -0.15) is 0 Å². The van der Waals surface area contributed by atoms with Crippen molar-refractivity contribution in [1.29, 1.82) is 0 Å². The van der Waals surface area contributed by atoms with Crippen molar-refractivity contribution in [3.8, 4) is 0 Å². The molecule has 0 aromatic carbocycles. The van der Waals surface area contributed by atoms with Gasteiger partial charge < -0.3 is 5.73 Å². The van der Waals surface area contributed by atoms with Crippen LogP contribution in [0.15, 0.2) is 0 Å². The van der Waals surface area contributed by atoms with Crippen LogP contribution in [-0.4, -0.2) is 21.2 Å². The second-order valence-corrected chi connectivity index (χ2v) is 5.20. The first kappa shape index (κ1) is 15.7. The van der Waals surface area contributed by atoms with Crippen molar-refractivity contribution in [3.05, 3.63) is 0 Å². The largest absolute Gasteiger partial charge is 0.333 e. The molecule has 0 spiro atoms. The average molecular weight is 140 g/mol. The van der Waals surface area contributed by atoms with Crippen molar-refractivity contribution in [2.45, 2.75) is 17.4 Å². The van der Waals surface area contributed by atoms with Crippen LogP contribution >= 0.6 is 12.4 Å². The van der Waals surface area contributed by atoms with Crippen LogP contribution in [0.1, 0.15) is 0 Å². The van der Waals surface area contributed by atoms with Gasteiger partial charge in [-0.05, 0) is 7.05 Å². The van der Waals surface area contributed by atoms with Gasteiger partial charge in [0.1, 0.15) is 0 Å². The van der Waals surface area contributed by atoms with E-state index in [2.05, 4.69) is 23.1 Å². The maximum absolute atomic E-state index is 4.50. The highest BCUT2D eigenvalue weighted by atomic mass is 35.5. The quantitative estimate of drug-likeness (QED) is 0.504. The number of rotatable bonds is 0. The topological polar surface area (TPSA) is 26.0 Å². The second-order valence-electron chi connectivity index (χ2n) is 1.73. The van der Waals surface area contributed by atoms with E-state index in [1.165, 1.54) is 7.05 Å². The summed E-state index contributed by atoms with van der Waals surface area (Å²) in [5.41, 5.74) is 4.50. The average Bonchev–Trinajstić information content (AvgIpc) is 1.41. The number of halogens is 1. The maximum Gasteiger partial charge on any atom is 0.251 e. The first-order chi connectivity index (χ1) is 2.73. The van der Waals surface area contributed by atoms with E-state index in [0.29, 0.717) is 0 Å². The minimum atomic E-state index is -0.139. The summed E-state index contributed by atoms with van der Waals surface area (Å²) >= 11 is -0.139. The fourth-order valence-corrected chi connectivity index (χ4v) is 0. The van der Waals surface area contributed by atoms with Gasteiger partial charge in [0.15, 0.2) is 0 Å². The molecule has 0 aliphatic carbocycles. The molecule has 0 rings (SSSR count). The molecule has 3 heteroatoms. The Morgan fingerprint density at radius 1 is 1.00 bits per heavy atom. The summed E-state index contributed by atoms with van der Waals surface area (Å²) in [5.74, 6) is 6.92. The molecule has 1 nitrogen and oxygen atoms in total. The summed E-state index contributed by atoms with van der Waals surface area (Å²) in [6.07, 6.45) is 0. The molecule has 0 radical (unpaired) electrons. The van der Waals surface area contributed by atoms with E-state index in [0.717, 1.165) is 0 Å². The standard InChI is InChI=1S/CH5N.3CH3.Al.ClH/c1-2;;;;;/h2H2,1H3;3*1H3;;1H. The van der Waals surface area contributed by atoms with Crippen LogP contribution in [0, 0.1) is 0 Å². The third-order valence-corrected chi connectivity index (χ3v) is 0. The zero-order valence-electron chi connectivity index (χ0n) is 5.56. The highest BCUT2D eigenvalue weighted by molar-refractivity contribution is 6.54. The van der Waals surface area contributed by atoms with Crippen LogP contribution in [0.4, 0.5) is 0 Å². The smallest absolute Gasteiger partial charge is 0.251 e. The van der Waals surface area contributed by atoms with Crippen molar-refractivity contribution in [1.82, 2.24) is 0 Å². The fourth-order valence-electron chi connectivity index (χ4n) is 0. The Morgan fingerprint density at radius 2 is 1.00 bits per heavy atom. The molecule has 0 fully saturated rings. The van der Waals surface area contributed by atoms with Gasteiger partial charge in [0.25, 0.3) is 14.1 Å². The lowest BCUT2D eigenvalue weighted by molar-refractivity contribution is 1.48. The molecular formula is C4H15AlClN. The molecule has 7 heavy (non-hydrogen) atoms. The molecular weight excluding hydrogens is 124 g/mol. The minimum absolute atomic E-state index is 0. The van der Waals surface area contributed by atoms with Crippen molar-refractivity contribution in [2.24, 2.45) is 5.73 Å². The van der Waals surface area contributed by atoms with E-state index in [4.69, 9.17) is 0 Å². The molecule has 0 aromatic heterocycles. The third kappa shape index (κ3) is 253. The van der Waals surface area contributed by atoms with E-state index in [1.807, 2.05) is 0 Å². The monoisotopic (exact) mass is 139 g/mol. The fraction of sp³-hybridized carbons (Fsp3) is 1.00. The summed E-state index contributed by atoms with van der Waals surface area (Å²) in [4.78, 5) is 0. The predicted molar refractivity (Wildman–Crippen MR) is 40.7 cm³/mol. The maximum atomic E-state index is 4.50. The van der Waals surface area contributed by atoms with E-state index < -0.39 is 0 Å². The van der Waals surface area contributed by atoms with E-state index in [9.17, 15) is 0 Å². The Hall–Kier alpha value is 0.782. The van der Waals surface area contributed by atoms with Gasteiger partial charge in [-0.25, -0.2) is 0 Å². The molecule has 0 bridgehead atoms. The van der Waals surface area contributed by atoms with Gasteiger partial charge in [0.2, 0.25) is 0 Å². The molecule has 2 N–H and O–H groups in total. The highest BCUT2D eigenvalue weighted by Crippen LogP contribution is 1.68. The Bertz CT molecular complexity index is 16.4. The highest BCUT2D eigenvalue weighted by Gasteiger charge is 1.81. The Morgan fingerprint density at radius 3 is 1.00 bits per heavy atom. The molecule has 0 unspecified atom stereocenters. The zero-order valence-corrected chi connectivity index (χ0v) is 7.53. The van der Waals surface area contributed by atoms with Crippen LogP contribution in [0.25, 0.3) is 0 Å². The molecule has 0 aliphatic rings. The molecule has 0 saturated carbocycles. The molecule has 46 valence electrons. The molecule has 0 amide bonds. The SMILES string of the molecule is CN.Cl.[CH3][Al]([CH3])[CH3]. The van der Waals surface area contributed by atoms with Crippen molar-refractivity contribution in [3.63, 3.8) is 0 Å². The van der Waals surface area contributed by atoms with Crippen LogP contribution in [0.2, 0.25) is 17.4 Å². The summed E-state index contributed by atoms with van der Waals surface area (Å²) in [5, 5.41) is 0. The summed E-state index contributed by atoms with van der Waals surface area (Å²) in [7, 11) is 1.50. The van der Waals surface area contributed by atoms with Gasteiger partial charge in [-0.15, -0.1) is 29.8 Å². The zero-order chi connectivity index (χ0) is 5.58. The molecule has 0 aromatic rings. The second kappa shape index (κ2) is 15.9.